The molecule has 5 nitrogen and oxygen atoms in total. The zero-order chi connectivity index (χ0) is 18.8. The van der Waals surface area contributed by atoms with Crippen molar-refractivity contribution in [1.82, 2.24) is 15.5 Å². The molecule has 0 aromatic rings. The standard InChI is InChI=1S/C20H41N3O2/c1-4-7-10-13-16-21-19(24)23(18-15-12-9-6-3)20(25)22-17-14-11-8-5-2/h4-18H2,1-3H3,(H,21,24)(H,22,25). The number of urea groups is 2. The van der Waals surface area contributed by atoms with E-state index in [0.717, 1.165) is 51.4 Å². The molecular weight excluding hydrogens is 314 g/mol. The molecule has 0 aliphatic heterocycles. The Balaban J connectivity index is 4.26. The predicted molar refractivity (Wildman–Crippen MR) is 106 cm³/mol. The first kappa shape index (κ1) is 23.7. The van der Waals surface area contributed by atoms with Gasteiger partial charge in [0, 0.05) is 19.6 Å². The van der Waals surface area contributed by atoms with Crippen LogP contribution in [0.15, 0.2) is 0 Å². The number of carbonyl (C=O) groups is 2. The lowest BCUT2D eigenvalue weighted by molar-refractivity contribution is 0.184. The van der Waals surface area contributed by atoms with Crippen molar-refractivity contribution < 1.29 is 9.59 Å². The molecule has 0 bridgehead atoms. The summed E-state index contributed by atoms with van der Waals surface area (Å²) in [5, 5.41) is 5.80. The average Bonchev–Trinajstić information content (AvgIpc) is 2.61. The van der Waals surface area contributed by atoms with Crippen molar-refractivity contribution in [3.63, 3.8) is 0 Å². The van der Waals surface area contributed by atoms with E-state index >= 15 is 0 Å². The van der Waals surface area contributed by atoms with E-state index in [-0.39, 0.29) is 12.1 Å². The highest BCUT2D eigenvalue weighted by molar-refractivity contribution is 5.93. The third-order valence-corrected chi connectivity index (χ3v) is 4.34. The van der Waals surface area contributed by atoms with Crippen molar-refractivity contribution >= 4 is 12.1 Å². The lowest BCUT2D eigenvalue weighted by atomic mass is 10.2. The number of imide groups is 1. The van der Waals surface area contributed by atoms with Crippen molar-refractivity contribution in [2.24, 2.45) is 0 Å². The molecule has 2 N–H and O–H groups in total. The molecule has 0 fully saturated rings. The fraction of sp³-hybridized carbons (Fsp3) is 0.900. The van der Waals surface area contributed by atoms with Crippen LogP contribution in [0.3, 0.4) is 0 Å². The van der Waals surface area contributed by atoms with E-state index in [0.29, 0.717) is 19.6 Å². The lowest BCUT2D eigenvalue weighted by Crippen LogP contribution is -2.49. The average molecular weight is 356 g/mol. The minimum atomic E-state index is -0.251. The van der Waals surface area contributed by atoms with Crippen molar-refractivity contribution in [2.45, 2.75) is 97.8 Å². The van der Waals surface area contributed by atoms with Crippen LogP contribution >= 0.6 is 0 Å². The second kappa shape index (κ2) is 17.6. The van der Waals surface area contributed by atoms with Crippen LogP contribution in [0.4, 0.5) is 9.59 Å². The number of nitrogens with one attached hydrogen (secondary N) is 2. The number of amides is 4. The van der Waals surface area contributed by atoms with E-state index in [9.17, 15) is 9.59 Å². The van der Waals surface area contributed by atoms with E-state index < -0.39 is 0 Å². The highest BCUT2D eigenvalue weighted by Crippen LogP contribution is 2.04. The van der Waals surface area contributed by atoms with Crippen LogP contribution in [-0.4, -0.2) is 36.6 Å². The first-order chi connectivity index (χ1) is 12.2. The molecule has 0 aromatic carbocycles. The Bertz CT molecular complexity index is 309. The summed E-state index contributed by atoms with van der Waals surface area (Å²) < 4.78 is 0. The van der Waals surface area contributed by atoms with E-state index in [1.165, 1.54) is 30.6 Å². The Morgan fingerprint density at radius 1 is 0.600 bits per heavy atom. The fourth-order valence-corrected chi connectivity index (χ4v) is 2.68. The Morgan fingerprint density at radius 2 is 1.00 bits per heavy atom. The summed E-state index contributed by atoms with van der Waals surface area (Å²) in [5.41, 5.74) is 0. The second-order valence-electron chi connectivity index (χ2n) is 6.80. The zero-order valence-corrected chi connectivity index (χ0v) is 16.9. The lowest BCUT2D eigenvalue weighted by Gasteiger charge is -2.22. The first-order valence-corrected chi connectivity index (χ1v) is 10.5. The van der Waals surface area contributed by atoms with Gasteiger partial charge in [-0.05, 0) is 19.3 Å². The third-order valence-electron chi connectivity index (χ3n) is 4.34. The van der Waals surface area contributed by atoms with Gasteiger partial charge >= 0.3 is 12.1 Å². The van der Waals surface area contributed by atoms with Crippen molar-refractivity contribution in [3.8, 4) is 0 Å². The summed E-state index contributed by atoms with van der Waals surface area (Å²) in [7, 11) is 0. The minimum absolute atomic E-state index is 0.251. The maximum atomic E-state index is 12.4. The largest absolute Gasteiger partial charge is 0.338 e. The van der Waals surface area contributed by atoms with E-state index in [1.807, 2.05) is 0 Å². The maximum absolute atomic E-state index is 12.4. The Kier molecular flexibility index (Phi) is 16.7. The highest BCUT2D eigenvalue weighted by atomic mass is 16.2. The fourth-order valence-electron chi connectivity index (χ4n) is 2.68. The molecule has 0 rings (SSSR count). The quantitative estimate of drug-likeness (QED) is 0.384. The Morgan fingerprint density at radius 3 is 1.40 bits per heavy atom. The van der Waals surface area contributed by atoms with Crippen LogP contribution in [0.2, 0.25) is 0 Å². The van der Waals surface area contributed by atoms with Gasteiger partial charge in [0.25, 0.3) is 0 Å². The second-order valence-corrected chi connectivity index (χ2v) is 6.80. The van der Waals surface area contributed by atoms with E-state index in [2.05, 4.69) is 31.4 Å². The summed E-state index contributed by atoms with van der Waals surface area (Å²) in [6.45, 7) is 8.29. The minimum Gasteiger partial charge on any atom is -0.338 e. The number of nitrogens with zero attached hydrogens (tertiary/aromatic N) is 1. The summed E-state index contributed by atoms with van der Waals surface area (Å²) in [5.74, 6) is 0. The van der Waals surface area contributed by atoms with Gasteiger partial charge in [0.2, 0.25) is 0 Å². The Hall–Kier alpha value is -1.26. The van der Waals surface area contributed by atoms with Gasteiger partial charge in [0.15, 0.2) is 0 Å². The molecule has 148 valence electrons. The molecule has 25 heavy (non-hydrogen) atoms. The van der Waals surface area contributed by atoms with Crippen LogP contribution in [0, 0.1) is 0 Å². The summed E-state index contributed by atoms with van der Waals surface area (Å²) >= 11 is 0. The highest BCUT2D eigenvalue weighted by Gasteiger charge is 2.20. The molecule has 0 aliphatic rings. The molecule has 5 heteroatoms. The van der Waals surface area contributed by atoms with Crippen molar-refractivity contribution in [2.75, 3.05) is 19.6 Å². The summed E-state index contributed by atoms with van der Waals surface area (Å²) in [6.07, 6.45) is 13.1. The molecule has 0 saturated heterocycles. The number of rotatable bonds is 15. The Labute approximate surface area is 155 Å². The molecular formula is C20H41N3O2. The van der Waals surface area contributed by atoms with Crippen LogP contribution in [0.25, 0.3) is 0 Å². The van der Waals surface area contributed by atoms with E-state index in [1.54, 1.807) is 0 Å². The molecule has 0 aromatic heterocycles. The van der Waals surface area contributed by atoms with Gasteiger partial charge in [-0.15, -0.1) is 0 Å². The first-order valence-electron chi connectivity index (χ1n) is 10.5. The van der Waals surface area contributed by atoms with Crippen LogP contribution < -0.4 is 10.6 Å². The molecule has 0 atom stereocenters. The maximum Gasteiger partial charge on any atom is 0.325 e. The van der Waals surface area contributed by atoms with Gasteiger partial charge in [-0.2, -0.15) is 0 Å². The number of hydrogen-bond acceptors (Lipinski definition) is 2. The molecule has 0 saturated carbocycles. The van der Waals surface area contributed by atoms with Gasteiger partial charge in [0.05, 0.1) is 0 Å². The number of carbonyl (C=O) groups excluding carboxylic acids is 2. The normalized spacial score (nSPS) is 10.5. The molecule has 0 heterocycles. The summed E-state index contributed by atoms with van der Waals surface area (Å²) in [6, 6.07) is -0.502. The zero-order valence-electron chi connectivity index (χ0n) is 16.9. The summed E-state index contributed by atoms with van der Waals surface area (Å²) in [4.78, 5) is 26.1. The smallest absolute Gasteiger partial charge is 0.325 e. The third kappa shape index (κ3) is 13.7. The topological polar surface area (TPSA) is 61.4 Å². The number of hydrogen-bond donors (Lipinski definition) is 2. The molecule has 0 spiro atoms. The SMILES string of the molecule is CCCCCCNC(=O)N(CCCCCC)C(=O)NCCCCCC. The van der Waals surface area contributed by atoms with Gasteiger partial charge in [-0.1, -0.05) is 78.6 Å². The molecule has 4 amide bonds. The molecule has 0 unspecified atom stereocenters. The molecule has 0 aliphatic carbocycles. The predicted octanol–water partition coefficient (Wildman–Crippen LogP) is 5.45. The van der Waals surface area contributed by atoms with Gasteiger partial charge in [0.1, 0.15) is 0 Å². The van der Waals surface area contributed by atoms with Gasteiger partial charge in [-0.3, -0.25) is 0 Å². The van der Waals surface area contributed by atoms with Crippen molar-refractivity contribution in [1.29, 1.82) is 0 Å². The van der Waals surface area contributed by atoms with E-state index in [4.69, 9.17) is 0 Å². The van der Waals surface area contributed by atoms with Crippen LogP contribution in [0.5, 0.6) is 0 Å². The monoisotopic (exact) mass is 355 g/mol. The number of unbranched alkanes of at least 4 members (excludes halogenated alkanes) is 9. The van der Waals surface area contributed by atoms with Gasteiger partial charge in [-0.25, -0.2) is 14.5 Å². The van der Waals surface area contributed by atoms with Gasteiger partial charge < -0.3 is 10.6 Å². The molecule has 0 radical (unpaired) electrons. The van der Waals surface area contributed by atoms with Crippen LogP contribution in [0.1, 0.15) is 97.8 Å². The van der Waals surface area contributed by atoms with Crippen LogP contribution in [-0.2, 0) is 0 Å². The van der Waals surface area contributed by atoms with Crippen molar-refractivity contribution in [3.05, 3.63) is 0 Å².